The minimum atomic E-state index is -1.69. The van der Waals surface area contributed by atoms with Crippen LogP contribution < -0.4 is 0 Å². The van der Waals surface area contributed by atoms with Crippen molar-refractivity contribution in [3.63, 3.8) is 0 Å². The van der Waals surface area contributed by atoms with Crippen LogP contribution in [0.25, 0.3) is 0 Å². The Balaban J connectivity index is 3.93. The number of rotatable bonds is 8. The molecule has 3 nitrogen and oxygen atoms in total. The molecule has 0 spiro atoms. The van der Waals surface area contributed by atoms with Gasteiger partial charge in [0.1, 0.15) is 0 Å². The van der Waals surface area contributed by atoms with Gasteiger partial charge in [0.15, 0.2) is 14.6 Å². The zero-order chi connectivity index (χ0) is 12.6. The van der Waals surface area contributed by atoms with Gasteiger partial charge < -0.3 is 9.16 Å². The van der Waals surface area contributed by atoms with Crippen molar-refractivity contribution >= 4 is 14.3 Å². The van der Waals surface area contributed by atoms with E-state index in [1.165, 1.54) is 19.3 Å². The standard InChI is InChI=1S/C12H24O3Si/c1-6-8-9-10-16(4,5)15-11(3)14-12(13)7-2/h7,11H,2,6,8-10H2,1,3-5H3. The summed E-state index contributed by atoms with van der Waals surface area (Å²) in [5.74, 6) is -0.425. The van der Waals surface area contributed by atoms with Crippen LogP contribution in [0.4, 0.5) is 0 Å². The van der Waals surface area contributed by atoms with Gasteiger partial charge in [0.25, 0.3) is 0 Å². The predicted molar refractivity (Wildman–Crippen MR) is 68.7 cm³/mol. The summed E-state index contributed by atoms with van der Waals surface area (Å²) in [6, 6.07) is 1.11. The Labute approximate surface area is 100.0 Å². The molecule has 0 N–H and O–H groups in total. The molecule has 0 heterocycles. The summed E-state index contributed by atoms with van der Waals surface area (Å²) >= 11 is 0. The van der Waals surface area contributed by atoms with Gasteiger partial charge in [-0.1, -0.05) is 32.8 Å². The highest BCUT2D eigenvalue weighted by atomic mass is 28.4. The smallest absolute Gasteiger partial charge is 0.332 e. The molecular formula is C12H24O3Si. The Morgan fingerprint density at radius 1 is 1.44 bits per heavy atom. The summed E-state index contributed by atoms with van der Waals surface area (Å²) in [6.45, 7) is 11.6. The van der Waals surface area contributed by atoms with Gasteiger partial charge in [-0.15, -0.1) is 0 Å². The second-order valence-electron chi connectivity index (χ2n) is 4.54. The third-order valence-corrected chi connectivity index (χ3v) is 4.84. The third-order valence-electron chi connectivity index (χ3n) is 2.32. The van der Waals surface area contributed by atoms with E-state index in [4.69, 9.17) is 9.16 Å². The van der Waals surface area contributed by atoms with E-state index in [0.717, 1.165) is 12.1 Å². The Kier molecular flexibility index (Phi) is 7.33. The number of hydrogen-bond acceptors (Lipinski definition) is 3. The maximum Gasteiger partial charge on any atom is 0.332 e. The van der Waals surface area contributed by atoms with Crippen molar-refractivity contribution in [3.8, 4) is 0 Å². The molecular weight excluding hydrogens is 220 g/mol. The molecule has 0 bridgehead atoms. The first kappa shape index (κ1) is 15.4. The Bertz CT molecular complexity index is 226. The van der Waals surface area contributed by atoms with Crippen LogP contribution >= 0.6 is 0 Å². The molecule has 16 heavy (non-hydrogen) atoms. The zero-order valence-corrected chi connectivity index (χ0v) is 11.9. The second-order valence-corrected chi connectivity index (χ2v) is 8.80. The molecule has 0 saturated heterocycles. The summed E-state index contributed by atoms with van der Waals surface area (Å²) < 4.78 is 10.8. The average molecular weight is 244 g/mol. The minimum Gasteiger partial charge on any atom is -0.434 e. The van der Waals surface area contributed by atoms with E-state index in [2.05, 4.69) is 26.6 Å². The van der Waals surface area contributed by atoms with Crippen molar-refractivity contribution in [2.45, 2.75) is 58.5 Å². The number of ether oxygens (including phenoxy) is 1. The van der Waals surface area contributed by atoms with Crippen LogP contribution in [-0.4, -0.2) is 20.6 Å². The SMILES string of the molecule is C=CC(=O)OC(C)O[Si](C)(C)CCCCC. The molecule has 94 valence electrons. The first-order valence-corrected chi connectivity index (χ1v) is 9.03. The normalized spacial score (nSPS) is 13.2. The van der Waals surface area contributed by atoms with Gasteiger partial charge in [0.05, 0.1) is 0 Å². The van der Waals surface area contributed by atoms with Gasteiger partial charge in [-0.05, 0) is 26.1 Å². The Morgan fingerprint density at radius 2 is 2.06 bits per heavy atom. The van der Waals surface area contributed by atoms with Crippen molar-refractivity contribution in [2.75, 3.05) is 0 Å². The summed E-state index contributed by atoms with van der Waals surface area (Å²) in [4.78, 5) is 11.0. The van der Waals surface area contributed by atoms with Crippen LogP contribution in [0, 0.1) is 0 Å². The molecule has 0 aliphatic rings. The second kappa shape index (κ2) is 7.63. The van der Waals surface area contributed by atoms with Crippen LogP contribution in [0.2, 0.25) is 19.1 Å². The van der Waals surface area contributed by atoms with E-state index in [0.29, 0.717) is 0 Å². The van der Waals surface area contributed by atoms with Crippen LogP contribution in [-0.2, 0) is 14.0 Å². The van der Waals surface area contributed by atoms with E-state index in [1.807, 2.05) is 0 Å². The van der Waals surface area contributed by atoms with Crippen molar-refractivity contribution in [1.29, 1.82) is 0 Å². The third kappa shape index (κ3) is 7.65. The molecule has 0 aromatic rings. The van der Waals surface area contributed by atoms with Crippen LogP contribution in [0.3, 0.4) is 0 Å². The van der Waals surface area contributed by atoms with Crippen molar-refractivity contribution in [2.24, 2.45) is 0 Å². The fourth-order valence-electron chi connectivity index (χ4n) is 1.54. The van der Waals surface area contributed by atoms with Gasteiger partial charge >= 0.3 is 5.97 Å². The van der Waals surface area contributed by atoms with Crippen molar-refractivity contribution < 1.29 is 14.0 Å². The average Bonchev–Trinajstić information content (AvgIpc) is 2.16. The Hall–Kier alpha value is -0.613. The van der Waals surface area contributed by atoms with Gasteiger partial charge in [-0.3, -0.25) is 0 Å². The molecule has 0 radical (unpaired) electrons. The highest BCUT2D eigenvalue weighted by molar-refractivity contribution is 6.71. The lowest BCUT2D eigenvalue weighted by Crippen LogP contribution is -2.36. The maximum atomic E-state index is 11.0. The molecule has 1 unspecified atom stereocenters. The fourth-order valence-corrected chi connectivity index (χ4v) is 3.71. The van der Waals surface area contributed by atoms with Gasteiger partial charge in [0, 0.05) is 6.08 Å². The number of hydrogen-bond donors (Lipinski definition) is 0. The summed E-state index contributed by atoms with van der Waals surface area (Å²) in [5, 5.41) is 0. The maximum absolute atomic E-state index is 11.0. The lowest BCUT2D eigenvalue weighted by Gasteiger charge is -2.26. The minimum absolute atomic E-state index is 0.425. The predicted octanol–water partition coefficient (Wildman–Crippen LogP) is 3.47. The lowest BCUT2D eigenvalue weighted by molar-refractivity contribution is -0.155. The molecule has 0 saturated carbocycles. The summed E-state index contributed by atoms with van der Waals surface area (Å²) in [5.41, 5.74) is 0. The molecule has 0 rings (SSSR count). The molecule has 1 atom stereocenters. The molecule has 0 aliphatic heterocycles. The van der Waals surface area contributed by atoms with Crippen molar-refractivity contribution in [3.05, 3.63) is 12.7 Å². The van der Waals surface area contributed by atoms with E-state index in [9.17, 15) is 4.79 Å². The number of unbranched alkanes of at least 4 members (excludes halogenated alkanes) is 2. The van der Waals surface area contributed by atoms with Crippen molar-refractivity contribution in [1.82, 2.24) is 0 Å². The first-order valence-electron chi connectivity index (χ1n) is 5.92. The quantitative estimate of drug-likeness (QED) is 0.216. The van der Waals surface area contributed by atoms with Crippen LogP contribution in [0.5, 0.6) is 0 Å². The number of carbonyl (C=O) groups excluding carboxylic acids is 1. The largest absolute Gasteiger partial charge is 0.434 e. The molecule has 0 aromatic carbocycles. The molecule has 0 aliphatic carbocycles. The summed E-state index contributed by atoms with van der Waals surface area (Å²) in [7, 11) is -1.69. The van der Waals surface area contributed by atoms with Gasteiger partial charge in [-0.2, -0.15) is 0 Å². The fraction of sp³-hybridized carbons (Fsp3) is 0.750. The zero-order valence-electron chi connectivity index (χ0n) is 10.9. The van der Waals surface area contributed by atoms with E-state index in [1.54, 1.807) is 6.92 Å². The first-order chi connectivity index (χ1) is 7.41. The summed E-state index contributed by atoms with van der Waals surface area (Å²) in [6.07, 6.45) is 4.34. The molecule has 0 fully saturated rings. The van der Waals surface area contributed by atoms with E-state index >= 15 is 0 Å². The van der Waals surface area contributed by atoms with Gasteiger partial charge in [0.2, 0.25) is 0 Å². The van der Waals surface area contributed by atoms with Crippen LogP contribution in [0.1, 0.15) is 33.1 Å². The van der Waals surface area contributed by atoms with Gasteiger partial charge in [-0.25, -0.2) is 4.79 Å². The molecule has 4 heteroatoms. The monoisotopic (exact) mass is 244 g/mol. The topological polar surface area (TPSA) is 35.5 Å². The highest BCUT2D eigenvalue weighted by Crippen LogP contribution is 2.18. The number of carbonyl (C=O) groups is 1. The van der Waals surface area contributed by atoms with Crippen LogP contribution in [0.15, 0.2) is 12.7 Å². The Morgan fingerprint density at radius 3 is 2.56 bits per heavy atom. The lowest BCUT2D eigenvalue weighted by atomic mass is 10.3. The molecule has 0 amide bonds. The molecule has 0 aromatic heterocycles. The van der Waals surface area contributed by atoms with E-state index in [-0.39, 0.29) is 0 Å². The van der Waals surface area contributed by atoms with E-state index < -0.39 is 20.6 Å². The highest BCUT2D eigenvalue weighted by Gasteiger charge is 2.25. The number of esters is 1.